The van der Waals surface area contributed by atoms with Crippen LogP contribution in [0.1, 0.15) is 86.1 Å². The van der Waals surface area contributed by atoms with Gasteiger partial charge in [0.05, 0.1) is 73.1 Å². The van der Waals surface area contributed by atoms with Gasteiger partial charge in [0.25, 0.3) is 0 Å². The van der Waals surface area contributed by atoms with Crippen molar-refractivity contribution in [2.45, 2.75) is 57.8 Å². The molecule has 12 nitrogen and oxygen atoms in total. The highest BCUT2D eigenvalue weighted by Gasteiger charge is 2.40. The Hall–Kier alpha value is -18.9. The number of furan rings is 6. The molecule has 0 atom stereocenters. The van der Waals surface area contributed by atoms with E-state index in [0.29, 0.717) is 11.1 Å². The van der Waals surface area contributed by atoms with Crippen LogP contribution >= 0.6 is 0 Å². The summed E-state index contributed by atoms with van der Waals surface area (Å²) in [5.41, 5.74) is 43.8. The van der Waals surface area contributed by atoms with Gasteiger partial charge in [-0.2, -0.15) is 10.5 Å². The molecule has 3 aliphatic rings. The predicted octanol–water partition coefficient (Wildman–Crippen LogP) is 35.8. The van der Waals surface area contributed by atoms with Crippen molar-refractivity contribution in [3.8, 4) is 124 Å². The standard InChI is InChI=1S/C47H30N2O2.2C43H26N2O2/c1-47(2)38-22-29(17-19-32(38)33-20-18-30(23-39(33)47)31-8-7-21-48-26-31)27-13-15-28(16-14-27)45-44-35-10-4-6-12-42(35)51-46(44)37-25-43-36(24-40(37)49-45)34-9-3-5-11-41(34)50-43;1-43(2)34-18-24(23-44)14-16-28(34)29-17-15-26(20-35(29)43)25-8-7-9-27(19-25)41-40-31-11-4-6-13-38(31)47-42(40)33-22-39-32(21-36(33)45-41)30-10-3-5-12-37(30)46-39;1-43(2)34-19-24(23-44)11-17-28(34)29-18-16-27(20-35(29)43)25-12-14-26(15-13-25)41-40-31-8-4-6-10-38(31)47-42(40)33-22-39-32(21-36(33)45-41)30-7-3-5-9-37(30)46-39/h3-26H,1-2H3;2*3-22H,1-2H3. The van der Waals surface area contributed by atoms with Crippen LogP contribution in [0.3, 0.4) is 0 Å². The van der Waals surface area contributed by atoms with E-state index in [4.69, 9.17) is 41.5 Å². The fourth-order valence-corrected chi connectivity index (χ4v) is 23.8. The molecule has 0 saturated heterocycles. The average molecular weight is 1860 g/mol. The number of fused-ring (bicyclic) bond motifs is 33. The normalized spacial score (nSPS) is 13.5. The fourth-order valence-electron chi connectivity index (χ4n) is 23.8. The Kier molecular flexibility index (Phi) is 17.8. The lowest BCUT2D eigenvalue weighted by atomic mass is 9.81. The molecule has 0 fully saturated rings. The predicted molar refractivity (Wildman–Crippen MR) is 587 cm³/mol. The SMILES string of the molecule is CC1(C)c2cc(-c3ccc(-c4nc5cc6c(cc5c5oc7ccccc7c45)oc4ccccc46)cc3)ccc2-c2ccc(-c3cccnc3)cc21.CC1(C)c2cc(C#N)ccc2-c2ccc(-c3ccc(-c4nc5cc6c(cc5c5oc7ccccc7c45)oc4ccccc46)cc3)cc21.CC1(C)c2cc(C#N)ccc2-c2ccc(-c3cccc(-c4nc5cc6c(cc5c5oc7ccccc7c45)oc4ccccc46)c3)cc21. The van der Waals surface area contributed by atoms with Crippen molar-refractivity contribution in [3.63, 3.8) is 0 Å². The van der Waals surface area contributed by atoms with Crippen LogP contribution in [-0.2, 0) is 16.2 Å². The van der Waals surface area contributed by atoms with E-state index in [0.717, 1.165) is 226 Å². The number of para-hydroxylation sites is 6. The minimum atomic E-state index is -0.213. The highest BCUT2D eigenvalue weighted by Crippen LogP contribution is 2.56. The van der Waals surface area contributed by atoms with Crippen LogP contribution in [0, 0.1) is 22.7 Å². The summed E-state index contributed by atoms with van der Waals surface area (Å²) in [6.07, 6.45) is 3.76. The van der Waals surface area contributed by atoms with Crippen molar-refractivity contribution >= 4 is 164 Å². The maximum absolute atomic E-state index is 9.55. The second-order valence-corrected chi connectivity index (χ2v) is 40.3. The lowest BCUT2D eigenvalue weighted by Gasteiger charge is -2.22. The first-order valence-electron chi connectivity index (χ1n) is 49.1. The Morgan fingerprint density at radius 3 is 0.828 bits per heavy atom. The Balaban J connectivity index is 0.000000103. The summed E-state index contributed by atoms with van der Waals surface area (Å²) in [5.74, 6) is 0. The van der Waals surface area contributed by atoms with E-state index in [1.807, 2.05) is 146 Å². The molecule has 0 amide bonds. The lowest BCUT2D eigenvalue weighted by Crippen LogP contribution is -2.15. The maximum Gasteiger partial charge on any atom is 0.147 e. The topological polar surface area (TPSA) is 178 Å². The molecule has 680 valence electrons. The molecule has 31 rings (SSSR count). The van der Waals surface area contributed by atoms with Gasteiger partial charge >= 0.3 is 0 Å². The van der Waals surface area contributed by atoms with Crippen molar-refractivity contribution in [2.75, 3.05) is 0 Å². The summed E-state index contributed by atoms with van der Waals surface area (Å²) < 4.78 is 38.5. The Morgan fingerprint density at radius 1 is 0.207 bits per heavy atom. The Bertz CT molecular complexity index is 10600. The molecule has 10 heterocycles. The average Bonchev–Trinajstić information content (AvgIpc) is 1.55. The van der Waals surface area contributed by atoms with Gasteiger partial charge in [0, 0.05) is 110 Å². The third-order valence-corrected chi connectivity index (χ3v) is 31.1. The van der Waals surface area contributed by atoms with Gasteiger partial charge in [-0.1, -0.05) is 284 Å². The highest BCUT2D eigenvalue weighted by molar-refractivity contribution is 6.26. The van der Waals surface area contributed by atoms with Crippen LogP contribution in [0.15, 0.2) is 415 Å². The second-order valence-electron chi connectivity index (χ2n) is 40.3. The van der Waals surface area contributed by atoms with Crippen LogP contribution in [0.5, 0.6) is 0 Å². The smallest absolute Gasteiger partial charge is 0.147 e. The summed E-state index contributed by atoms with van der Waals surface area (Å²) >= 11 is 0. The van der Waals surface area contributed by atoms with Gasteiger partial charge in [0.1, 0.15) is 67.0 Å². The first-order valence-corrected chi connectivity index (χ1v) is 49.1. The molecule has 12 heteroatoms. The molecule has 0 radical (unpaired) electrons. The first kappa shape index (κ1) is 83.1. The molecule has 0 N–H and O–H groups in total. The summed E-state index contributed by atoms with van der Waals surface area (Å²) in [6.45, 7) is 13.7. The molecule has 3 aliphatic carbocycles. The van der Waals surface area contributed by atoms with Crippen molar-refractivity contribution in [3.05, 3.63) is 433 Å². The number of rotatable bonds is 7. The maximum atomic E-state index is 9.55. The molecular formula is C133H82N6O6. The van der Waals surface area contributed by atoms with Crippen molar-refractivity contribution < 1.29 is 26.5 Å². The number of nitrogens with zero attached hydrogens (tertiary/aromatic N) is 6. The number of hydrogen-bond acceptors (Lipinski definition) is 12. The fraction of sp³-hybridized carbons (Fsp3) is 0.0677. The zero-order valence-electron chi connectivity index (χ0n) is 79.6. The van der Waals surface area contributed by atoms with Gasteiger partial charge in [0.15, 0.2) is 0 Å². The minimum Gasteiger partial charge on any atom is -0.456 e. The summed E-state index contributed by atoms with van der Waals surface area (Å²) in [7, 11) is 0. The van der Waals surface area contributed by atoms with Gasteiger partial charge in [0.2, 0.25) is 0 Å². The first-order chi connectivity index (χ1) is 71.0. The summed E-state index contributed by atoms with van der Waals surface area (Å²) in [6, 6.07) is 136. The number of benzene rings is 18. The molecule has 10 aromatic heterocycles. The molecule has 28 aromatic rings. The van der Waals surface area contributed by atoms with Gasteiger partial charge in [-0.15, -0.1) is 0 Å². The van der Waals surface area contributed by atoms with Gasteiger partial charge in [-0.05, 0) is 245 Å². The zero-order chi connectivity index (χ0) is 96.7. The van der Waals surface area contributed by atoms with E-state index in [9.17, 15) is 10.5 Å². The summed E-state index contributed by atoms with van der Waals surface area (Å²) in [5, 5.41) is 34.4. The molecule has 0 aliphatic heterocycles. The van der Waals surface area contributed by atoms with E-state index in [1.54, 1.807) is 0 Å². The van der Waals surface area contributed by atoms with Gasteiger partial charge < -0.3 is 26.5 Å². The molecule has 145 heavy (non-hydrogen) atoms. The van der Waals surface area contributed by atoms with E-state index in [2.05, 4.69) is 301 Å². The highest BCUT2D eigenvalue weighted by atomic mass is 16.4. The summed E-state index contributed by atoms with van der Waals surface area (Å²) in [4.78, 5) is 20.4. The third-order valence-electron chi connectivity index (χ3n) is 31.1. The van der Waals surface area contributed by atoms with Crippen LogP contribution in [-0.4, -0.2) is 19.9 Å². The Labute approximate surface area is 830 Å². The number of aromatic nitrogens is 4. The monoisotopic (exact) mass is 1860 g/mol. The van der Waals surface area contributed by atoms with E-state index < -0.39 is 0 Å². The molecule has 0 spiro atoms. The minimum absolute atomic E-state index is 0.131. The van der Waals surface area contributed by atoms with Crippen molar-refractivity contribution in [1.82, 2.24) is 19.9 Å². The number of hydrogen-bond donors (Lipinski definition) is 0. The van der Waals surface area contributed by atoms with E-state index in [1.165, 1.54) is 83.5 Å². The Morgan fingerprint density at radius 2 is 0.483 bits per heavy atom. The van der Waals surface area contributed by atoms with Crippen LogP contribution in [0.2, 0.25) is 0 Å². The largest absolute Gasteiger partial charge is 0.456 e. The van der Waals surface area contributed by atoms with E-state index >= 15 is 0 Å². The molecule has 18 aromatic carbocycles. The van der Waals surface area contributed by atoms with Crippen LogP contribution in [0.25, 0.3) is 276 Å². The van der Waals surface area contributed by atoms with Gasteiger partial charge in [-0.25, -0.2) is 15.0 Å². The number of nitriles is 2. The van der Waals surface area contributed by atoms with Crippen molar-refractivity contribution in [1.29, 1.82) is 10.5 Å². The third kappa shape index (κ3) is 12.7. The second kappa shape index (κ2) is 31.1. The molecule has 0 unspecified atom stereocenters. The van der Waals surface area contributed by atoms with Crippen LogP contribution in [0.4, 0.5) is 0 Å². The van der Waals surface area contributed by atoms with Crippen LogP contribution < -0.4 is 0 Å². The van der Waals surface area contributed by atoms with Gasteiger partial charge in [-0.3, -0.25) is 4.98 Å². The molecule has 0 bridgehead atoms. The van der Waals surface area contributed by atoms with E-state index in [-0.39, 0.29) is 16.2 Å². The molecule has 0 saturated carbocycles. The lowest BCUT2D eigenvalue weighted by molar-refractivity contribution is 0.660. The number of pyridine rings is 4. The quantitative estimate of drug-likeness (QED) is 0.148. The van der Waals surface area contributed by atoms with Crippen molar-refractivity contribution in [2.24, 2.45) is 0 Å². The molecular weight excluding hydrogens is 1780 g/mol. The zero-order valence-corrected chi connectivity index (χ0v) is 79.6.